The first-order valence-electron chi connectivity index (χ1n) is 13.9. The third-order valence-electron chi connectivity index (χ3n) is 6.01. The van der Waals surface area contributed by atoms with Crippen molar-refractivity contribution in [3.8, 4) is 11.5 Å². The molecular weight excluding hydrogens is 480 g/mol. The van der Waals surface area contributed by atoms with E-state index in [2.05, 4.69) is 67.7 Å². The lowest BCUT2D eigenvalue weighted by Gasteiger charge is -2.44. The van der Waals surface area contributed by atoms with Gasteiger partial charge in [0.15, 0.2) is 0 Å². The van der Waals surface area contributed by atoms with Gasteiger partial charge in [0.25, 0.3) is 0 Å². The molecule has 2 rings (SSSR count). The summed E-state index contributed by atoms with van der Waals surface area (Å²) in [5, 5.41) is 18.5. The van der Waals surface area contributed by atoms with Crippen molar-refractivity contribution in [3.63, 3.8) is 0 Å². The topological polar surface area (TPSA) is 144 Å². The highest BCUT2D eigenvalue weighted by atomic mass is 16.5. The SMILES string of the molecule is C=CC(=C)C.CCC.CCCCCc1cc(O)c2c(c1)OC(C)(C)[C@H](CCCC)C2C.CCCO.O.O.O. The highest BCUT2D eigenvalue weighted by molar-refractivity contribution is 5.51. The van der Waals surface area contributed by atoms with Crippen LogP contribution in [0.2, 0.25) is 0 Å². The second kappa shape index (κ2) is 26.7. The molecule has 2 atom stereocenters. The van der Waals surface area contributed by atoms with E-state index in [1.165, 1.54) is 44.1 Å². The van der Waals surface area contributed by atoms with Crippen molar-refractivity contribution in [2.24, 2.45) is 5.92 Å². The van der Waals surface area contributed by atoms with Gasteiger partial charge in [-0.15, -0.1) is 0 Å². The van der Waals surface area contributed by atoms with E-state index in [0.717, 1.165) is 36.1 Å². The number of aliphatic hydroxyl groups is 1. The van der Waals surface area contributed by atoms with Crippen molar-refractivity contribution in [2.45, 2.75) is 132 Å². The number of fused-ring (bicyclic) bond motifs is 1. The first-order valence-corrected chi connectivity index (χ1v) is 13.9. The number of benzene rings is 1. The maximum Gasteiger partial charge on any atom is 0.127 e. The van der Waals surface area contributed by atoms with Crippen molar-refractivity contribution >= 4 is 0 Å². The number of ether oxygens (including phenoxy) is 1. The van der Waals surface area contributed by atoms with Crippen LogP contribution in [0.3, 0.4) is 0 Å². The molecule has 0 saturated heterocycles. The number of aliphatic hydroxyl groups excluding tert-OH is 1. The number of hydrogen-bond donors (Lipinski definition) is 2. The van der Waals surface area contributed by atoms with E-state index in [0.29, 0.717) is 24.2 Å². The summed E-state index contributed by atoms with van der Waals surface area (Å²) < 4.78 is 6.37. The van der Waals surface area contributed by atoms with Gasteiger partial charge in [-0.25, -0.2) is 0 Å². The van der Waals surface area contributed by atoms with Gasteiger partial charge in [0.05, 0.1) is 0 Å². The van der Waals surface area contributed by atoms with E-state index < -0.39 is 0 Å². The number of unbranched alkanes of at least 4 members (excludes halogenated alkanes) is 3. The van der Waals surface area contributed by atoms with E-state index in [-0.39, 0.29) is 22.0 Å². The molecule has 0 amide bonds. The van der Waals surface area contributed by atoms with Gasteiger partial charge in [-0.3, -0.25) is 0 Å². The zero-order valence-corrected chi connectivity index (χ0v) is 26.2. The van der Waals surface area contributed by atoms with E-state index in [9.17, 15) is 5.11 Å². The van der Waals surface area contributed by atoms with Crippen LogP contribution >= 0.6 is 0 Å². The molecule has 6 heteroatoms. The van der Waals surface area contributed by atoms with Crippen molar-refractivity contribution in [1.82, 2.24) is 0 Å². The molecule has 0 saturated carbocycles. The molecule has 0 aliphatic carbocycles. The van der Waals surface area contributed by atoms with Gasteiger partial charge >= 0.3 is 0 Å². The van der Waals surface area contributed by atoms with Crippen LogP contribution in [0.15, 0.2) is 36.9 Å². The van der Waals surface area contributed by atoms with Gasteiger partial charge in [0.1, 0.15) is 17.1 Å². The third kappa shape index (κ3) is 18.4. The molecule has 1 aliphatic rings. The fourth-order valence-corrected chi connectivity index (χ4v) is 4.12. The van der Waals surface area contributed by atoms with E-state index >= 15 is 0 Å². The quantitative estimate of drug-likeness (QED) is 0.249. The molecule has 0 spiro atoms. The number of phenols is 1. The molecule has 1 heterocycles. The highest BCUT2D eigenvalue weighted by Gasteiger charge is 2.42. The number of rotatable bonds is 9. The fraction of sp³-hybridized carbons (Fsp3) is 0.688. The van der Waals surface area contributed by atoms with Crippen molar-refractivity contribution in [3.05, 3.63) is 48.1 Å². The Bertz CT molecular complexity index is 697. The van der Waals surface area contributed by atoms with Crippen molar-refractivity contribution in [1.29, 1.82) is 0 Å². The summed E-state index contributed by atoms with van der Waals surface area (Å²) in [5.41, 5.74) is 3.06. The molecule has 0 aromatic heterocycles. The number of allylic oxidation sites excluding steroid dienone is 2. The Morgan fingerprint density at radius 3 is 1.84 bits per heavy atom. The Kier molecular flexibility index (Phi) is 32.4. The number of hydrogen-bond acceptors (Lipinski definition) is 3. The smallest absolute Gasteiger partial charge is 0.127 e. The molecule has 1 aromatic carbocycles. The summed E-state index contributed by atoms with van der Waals surface area (Å²) in [6.07, 6.45) is 12.1. The highest BCUT2D eigenvalue weighted by Crippen LogP contribution is 2.50. The molecule has 0 radical (unpaired) electrons. The minimum Gasteiger partial charge on any atom is -0.508 e. The zero-order valence-electron chi connectivity index (χ0n) is 26.2. The van der Waals surface area contributed by atoms with E-state index in [4.69, 9.17) is 9.84 Å². The molecule has 1 aliphatic heterocycles. The molecule has 0 bridgehead atoms. The minimum atomic E-state index is -0.171. The molecule has 0 fully saturated rings. The van der Waals surface area contributed by atoms with E-state index in [1.807, 2.05) is 19.9 Å². The average molecular weight is 545 g/mol. The van der Waals surface area contributed by atoms with Crippen molar-refractivity contribution in [2.75, 3.05) is 6.61 Å². The number of aryl methyl sites for hydroxylation is 1. The van der Waals surface area contributed by atoms with Gasteiger partial charge in [-0.2, -0.15) is 0 Å². The largest absolute Gasteiger partial charge is 0.508 e. The lowest BCUT2D eigenvalue weighted by Crippen LogP contribution is -2.43. The summed E-state index contributed by atoms with van der Waals surface area (Å²) in [6.45, 7) is 26.5. The Morgan fingerprint density at radius 1 is 0.974 bits per heavy atom. The second-order valence-corrected chi connectivity index (χ2v) is 10.2. The normalized spacial score (nSPS) is 15.7. The van der Waals surface area contributed by atoms with Gasteiger partial charge in [-0.05, 0) is 70.1 Å². The monoisotopic (exact) mass is 544 g/mol. The number of phenolic OH excluding ortho intramolecular Hbond substituents is 1. The summed E-state index contributed by atoms with van der Waals surface area (Å²) in [7, 11) is 0. The predicted molar refractivity (Wildman–Crippen MR) is 167 cm³/mol. The Morgan fingerprint density at radius 2 is 1.45 bits per heavy atom. The van der Waals surface area contributed by atoms with Crippen LogP contribution in [0.25, 0.3) is 0 Å². The first kappa shape index (κ1) is 46.0. The Hall–Kier alpha value is -1.86. The van der Waals surface area contributed by atoms with E-state index in [1.54, 1.807) is 6.08 Å². The average Bonchev–Trinajstić information content (AvgIpc) is 2.79. The second-order valence-electron chi connectivity index (χ2n) is 10.2. The van der Waals surface area contributed by atoms with Crippen LogP contribution < -0.4 is 4.74 Å². The van der Waals surface area contributed by atoms with Crippen LogP contribution in [0, 0.1) is 5.92 Å². The molecule has 6 nitrogen and oxygen atoms in total. The maximum atomic E-state index is 10.6. The molecule has 38 heavy (non-hydrogen) atoms. The van der Waals surface area contributed by atoms with Crippen molar-refractivity contribution < 1.29 is 31.4 Å². The fourth-order valence-electron chi connectivity index (χ4n) is 4.12. The lowest BCUT2D eigenvalue weighted by atomic mass is 9.72. The maximum absolute atomic E-state index is 10.6. The molecular formula is C32H64O6. The van der Waals surface area contributed by atoms with Gasteiger partial charge in [0, 0.05) is 18.1 Å². The van der Waals surface area contributed by atoms with Gasteiger partial charge < -0.3 is 31.4 Å². The Balaban J connectivity index is -0.000000205. The lowest BCUT2D eigenvalue weighted by molar-refractivity contribution is 0.00719. The standard InChI is InChI=1S/C21H34O2.C5H8.C3H8O.C3H8.3H2O/c1-6-8-10-11-16-13-18(22)20-15(3)17(12-9-7-2)21(4,5)23-19(20)14-16;1-4-5(2)3;1-2-3-4;1-3-2;;;/h13-15,17,22H,6-12H2,1-5H3;4H,1-2H2,3H3;4H,2-3H2,1H3;3H2,1-2H3;3*1H2/t15?,17-;;;;;;/m1....../s1. The van der Waals surface area contributed by atoms with Gasteiger partial charge in [0.2, 0.25) is 0 Å². The van der Waals surface area contributed by atoms with Crippen LogP contribution in [-0.2, 0) is 6.42 Å². The third-order valence-corrected chi connectivity index (χ3v) is 6.01. The summed E-state index contributed by atoms with van der Waals surface area (Å²) in [4.78, 5) is 0. The Labute approximate surface area is 235 Å². The summed E-state index contributed by atoms with van der Waals surface area (Å²) in [5.74, 6) is 2.12. The predicted octanol–water partition coefficient (Wildman–Crippen LogP) is 7.29. The molecule has 1 aromatic rings. The zero-order chi connectivity index (χ0) is 27.4. The number of aromatic hydroxyl groups is 1. The minimum absolute atomic E-state index is 0. The molecule has 1 unspecified atom stereocenters. The van der Waals surface area contributed by atoms with Gasteiger partial charge in [-0.1, -0.05) is 98.5 Å². The van der Waals surface area contributed by atoms with Crippen LogP contribution in [-0.4, -0.2) is 38.8 Å². The molecule has 8 N–H and O–H groups in total. The summed E-state index contributed by atoms with van der Waals surface area (Å²) >= 11 is 0. The molecule has 228 valence electrons. The summed E-state index contributed by atoms with van der Waals surface area (Å²) in [6, 6.07) is 4.13. The van der Waals surface area contributed by atoms with Crippen LogP contribution in [0.5, 0.6) is 11.5 Å². The van der Waals surface area contributed by atoms with Crippen LogP contribution in [0.1, 0.15) is 131 Å². The first-order chi connectivity index (χ1) is 16.5. The van der Waals surface area contributed by atoms with Crippen LogP contribution in [0.4, 0.5) is 0 Å².